The van der Waals surface area contributed by atoms with Gasteiger partial charge in [-0.2, -0.15) is 0 Å². The molecule has 1 amide bonds. The van der Waals surface area contributed by atoms with Gasteiger partial charge in [0.1, 0.15) is 0 Å². The molecule has 1 heterocycles. The Hall–Kier alpha value is -1.11. The van der Waals surface area contributed by atoms with E-state index in [0.717, 1.165) is 9.90 Å². The molecule has 1 aromatic carbocycles. The first-order valence-corrected chi connectivity index (χ1v) is 8.15. The minimum Gasteiger partial charge on any atom is -0.300 e. The van der Waals surface area contributed by atoms with E-state index in [9.17, 15) is 4.79 Å². The van der Waals surface area contributed by atoms with Gasteiger partial charge in [-0.05, 0) is 17.7 Å². The average Bonchev–Trinajstić information content (AvgIpc) is 2.75. The molecule has 0 unspecified atom stereocenters. The second-order valence-corrected chi connectivity index (χ2v) is 7.63. The summed E-state index contributed by atoms with van der Waals surface area (Å²) in [5.41, 5.74) is 0.872. The normalized spacial score (nSPS) is 10.8. The van der Waals surface area contributed by atoms with Crippen LogP contribution in [0.4, 0.5) is 5.13 Å². The van der Waals surface area contributed by atoms with Crippen LogP contribution in [0, 0.1) is 0 Å². The summed E-state index contributed by atoms with van der Waals surface area (Å²) in [4.78, 5) is 11.9. The van der Waals surface area contributed by atoms with E-state index in [0.29, 0.717) is 15.4 Å². The Labute approximate surface area is 130 Å². The standard InChI is InChI=1S/C13H14ClN3OS2/c1-8(2)19-13-17-16-12(20-13)15-11(18)7-9-4-3-5-10(14)6-9/h3-6,8H,7H2,1-2H3,(H,15,16,18). The first kappa shape index (κ1) is 15.3. The number of nitrogens with zero attached hydrogens (tertiary/aromatic N) is 2. The topological polar surface area (TPSA) is 54.9 Å². The summed E-state index contributed by atoms with van der Waals surface area (Å²) in [7, 11) is 0. The lowest BCUT2D eigenvalue weighted by Gasteiger charge is -2.02. The molecular formula is C13H14ClN3OS2. The van der Waals surface area contributed by atoms with Gasteiger partial charge in [-0.25, -0.2) is 0 Å². The predicted octanol–water partition coefficient (Wildman–Crippen LogP) is 3.87. The number of anilines is 1. The van der Waals surface area contributed by atoms with Crippen molar-refractivity contribution in [1.82, 2.24) is 10.2 Å². The molecule has 0 spiro atoms. The van der Waals surface area contributed by atoms with E-state index in [1.165, 1.54) is 11.3 Å². The molecule has 106 valence electrons. The van der Waals surface area contributed by atoms with Crippen LogP contribution in [0.1, 0.15) is 19.4 Å². The highest BCUT2D eigenvalue weighted by atomic mass is 35.5. The zero-order chi connectivity index (χ0) is 14.5. The number of hydrogen-bond donors (Lipinski definition) is 1. The molecule has 0 atom stereocenters. The van der Waals surface area contributed by atoms with Gasteiger partial charge in [-0.1, -0.05) is 60.7 Å². The summed E-state index contributed by atoms with van der Waals surface area (Å²) in [6.45, 7) is 4.17. The van der Waals surface area contributed by atoms with Gasteiger partial charge < -0.3 is 5.32 Å². The van der Waals surface area contributed by atoms with Gasteiger partial charge >= 0.3 is 0 Å². The first-order valence-electron chi connectivity index (χ1n) is 6.07. The third-order valence-electron chi connectivity index (χ3n) is 2.24. The average molecular weight is 328 g/mol. The van der Waals surface area contributed by atoms with Crippen LogP contribution >= 0.6 is 34.7 Å². The van der Waals surface area contributed by atoms with Crippen molar-refractivity contribution >= 4 is 45.7 Å². The smallest absolute Gasteiger partial charge is 0.230 e. The molecule has 0 aliphatic carbocycles. The Balaban J connectivity index is 1.93. The number of aromatic nitrogens is 2. The molecule has 0 aliphatic rings. The maximum Gasteiger partial charge on any atom is 0.230 e. The maximum absolute atomic E-state index is 11.9. The number of nitrogens with one attached hydrogen (secondary N) is 1. The summed E-state index contributed by atoms with van der Waals surface area (Å²) in [5.74, 6) is -0.121. The lowest BCUT2D eigenvalue weighted by molar-refractivity contribution is -0.115. The van der Waals surface area contributed by atoms with Crippen LogP contribution in [0.25, 0.3) is 0 Å². The lowest BCUT2D eigenvalue weighted by Crippen LogP contribution is -2.14. The number of halogens is 1. The van der Waals surface area contributed by atoms with Gasteiger partial charge in [-0.15, -0.1) is 10.2 Å². The number of rotatable bonds is 5. The molecule has 4 nitrogen and oxygen atoms in total. The highest BCUT2D eigenvalue weighted by molar-refractivity contribution is 8.01. The van der Waals surface area contributed by atoms with Gasteiger partial charge in [0.2, 0.25) is 11.0 Å². The van der Waals surface area contributed by atoms with Gasteiger partial charge in [0.05, 0.1) is 6.42 Å². The lowest BCUT2D eigenvalue weighted by atomic mass is 10.1. The van der Waals surface area contributed by atoms with Crippen LogP contribution in [-0.2, 0) is 11.2 Å². The minimum absolute atomic E-state index is 0.121. The van der Waals surface area contributed by atoms with Crippen LogP contribution in [-0.4, -0.2) is 21.4 Å². The maximum atomic E-state index is 11.9. The number of carbonyl (C=O) groups is 1. The Kier molecular flexibility index (Phi) is 5.39. The monoisotopic (exact) mass is 327 g/mol. The molecule has 0 saturated heterocycles. The number of amides is 1. The van der Waals surface area contributed by atoms with Crippen molar-refractivity contribution in [2.75, 3.05) is 5.32 Å². The number of carbonyl (C=O) groups excluding carboxylic acids is 1. The Morgan fingerprint density at radius 3 is 2.95 bits per heavy atom. The first-order chi connectivity index (χ1) is 9.52. The molecule has 1 aromatic heterocycles. The van der Waals surface area contributed by atoms with E-state index in [4.69, 9.17) is 11.6 Å². The van der Waals surface area contributed by atoms with Gasteiger partial charge in [0.25, 0.3) is 0 Å². The van der Waals surface area contributed by atoms with Crippen molar-refractivity contribution in [3.8, 4) is 0 Å². The van der Waals surface area contributed by atoms with E-state index < -0.39 is 0 Å². The van der Waals surface area contributed by atoms with Crippen LogP contribution in [0.3, 0.4) is 0 Å². The molecule has 20 heavy (non-hydrogen) atoms. The van der Waals surface area contributed by atoms with Crippen LogP contribution < -0.4 is 5.32 Å². The van der Waals surface area contributed by atoms with E-state index in [2.05, 4.69) is 29.4 Å². The minimum atomic E-state index is -0.121. The van der Waals surface area contributed by atoms with Crippen LogP contribution in [0.2, 0.25) is 5.02 Å². The second-order valence-electron chi connectivity index (χ2n) is 4.39. The molecule has 0 fully saturated rings. The molecule has 2 rings (SSSR count). The summed E-state index contributed by atoms with van der Waals surface area (Å²) < 4.78 is 0.859. The summed E-state index contributed by atoms with van der Waals surface area (Å²) in [5, 5.41) is 12.3. The highest BCUT2D eigenvalue weighted by Gasteiger charge is 2.10. The van der Waals surface area contributed by atoms with E-state index in [1.807, 2.05) is 12.1 Å². The number of thioether (sulfide) groups is 1. The molecule has 0 radical (unpaired) electrons. The third kappa shape index (κ3) is 4.77. The predicted molar refractivity (Wildman–Crippen MR) is 84.7 cm³/mol. The van der Waals surface area contributed by atoms with Crippen molar-refractivity contribution in [1.29, 1.82) is 0 Å². The molecule has 0 bridgehead atoms. The highest BCUT2D eigenvalue weighted by Crippen LogP contribution is 2.28. The molecular weight excluding hydrogens is 314 g/mol. The van der Waals surface area contributed by atoms with Gasteiger partial charge in [-0.3, -0.25) is 4.79 Å². The van der Waals surface area contributed by atoms with Gasteiger partial charge in [0, 0.05) is 10.3 Å². The molecule has 0 aliphatic heterocycles. The third-order valence-corrected chi connectivity index (χ3v) is 4.40. The fourth-order valence-electron chi connectivity index (χ4n) is 1.51. The van der Waals surface area contributed by atoms with E-state index in [1.54, 1.807) is 23.9 Å². The molecule has 2 aromatic rings. The van der Waals surface area contributed by atoms with E-state index >= 15 is 0 Å². The fourth-order valence-corrected chi connectivity index (χ4v) is 3.71. The van der Waals surface area contributed by atoms with Crippen LogP contribution in [0.15, 0.2) is 28.6 Å². The van der Waals surface area contributed by atoms with Gasteiger partial charge in [0.15, 0.2) is 4.34 Å². The number of hydrogen-bond acceptors (Lipinski definition) is 5. The summed E-state index contributed by atoms with van der Waals surface area (Å²) in [6, 6.07) is 7.25. The molecule has 1 N–H and O–H groups in total. The van der Waals surface area contributed by atoms with Crippen molar-refractivity contribution in [3.05, 3.63) is 34.9 Å². The fraction of sp³-hybridized carbons (Fsp3) is 0.308. The zero-order valence-electron chi connectivity index (χ0n) is 11.1. The summed E-state index contributed by atoms with van der Waals surface area (Å²) in [6.07, 6.45) is 0.271. The van der Waals surface area contributed by atoms with Crippen molar-refractivity contribution in [3.63, 3.8) is 0 Å². The van der Waals surface area contributed by atoms with Crippen LogP contribution in [0.5, 0.6) is 0 Å². The second kappa shape index (κ2) is 7.06. The van der Waals surface area contributed by atoms with Crippen molar-refractivity contribution in [2.45, 2.75) is 29.9 Å². The SMILES string of the molecule is CC(C)Sc1nnc(NC(=O)Cc2cccc(Cl)c2)s1. The Morgan fingerprint density at radius 1 is 1.45 bits per heavy atom. The number of benzene rings is 1. The largest absolute Gasteiger partial charge is 0.300 e. The van der Waals surface area contributed by atoms with E-state index in [-0.39, 0.29) is 12.3 Å². The van der Waals surface area contributed by atoms with Crippen molar-refractivity contribution < 1.29 is 4.79 Å². The van der Waals surface area contributed by atoms with Crippen molar-refractivity contribution in [2.24, 2.45) is 0 Å². The Morgan fingerprint density at radius 2 is 2.25 bits per heavy atom. The quantitative estimate of drug-likeness (QED) is 0.669. The molecule has 7 heteroatoms. The zero-order valence-corrected chi connectivity index (χ0v) is 13.5. The summed E-state index contributed by atoms with van der Waals surface area (Å²) >= 11 is 8.90. The molecule has 0 saturated carbocycles. The Bertz CT molecular complexity index is 601.